The number of anilines is 2. The fourth-order valence-electron chi connectivity index (χ4n) is 5.19. The highest BCUT2D eigenvalue weighted by atomic mass is 15.2. The Morgan fingerprint density at radius 2 is 1.80 bits per heavy atom. The third-order valence-electron chi connectivity index (χ3n) is 6.85. The number of fused-ring (bicyclic) bond motifs is 3. The van der Waals surface area contributed by atoms with Crippen molar-refractivity contribution in [1.29, 1.82) is 5.26 Å². The number of hydrogen-bond donors (Lipinski definition) is 0. The summed E-state index contributed by atoms with van der Waals surface area (Å²) >= 11 is 0. The molecule has 2 atom stereocenters. The van der Waals surface area contributed by atoms with Crippen LogP contribution in [-0.4, -0.2) is 12.8 Å². The number of aryl methyl sites for hydroxylation is 1. The van der Waals surface area contributed by atoms with Crippen LogP contribution < -0.4 is 4.90 Å². The first-order chi connectivity index (χ1) is 17.2. The molecule has 3 aromatic carbocycles. The molecule has 1 aliphatic carbocycles. The first kappa shape index (κ1) is 22.4. The van der Waals surface area contributed by atoms with Gasteiger partial charge in [-0.1, -0.05) is 66.8 Å². The summed E-state index contributed by atoms with van der Waals surface area (Å²) in [6.07, 6.45) is 14.4. The van der Waals surface area contributed by atoms with Crippen molar-refractivity contribution in [2.24, 2.45) is 4.99 Å². The van der Waals surface area contributed by atoms with Crippen molar-refractivity contribution in [2.45, 2.75) is 25.8 Å². The van der Waals surface area contributed by atoms with Crippen LogP contribution in [0, 0.1) is 18.3 Å². The highest BCUT2D eigenvalue weighted by Crippen LogP contribution is 2.50. The van der Waals surface area contributed by atoms with Crippen LogP contribution in [0.15, 0.2) is 108 Å². The summed E-state index contributed by atoms with van der Waals surface area (Å²) < 4.78 is 0. The second-order valence-electron chi connectivity index (χ2n) is 8.83. The van der Waals surface area contributed by atoms with Crippen LogP contribution in [0.1, 0.15) is 35.1 Å². The van der Waals surface area contributed by atoms with Gasteiger partial charge in [-0.05, 0) is 84.3 Å². The SMILES string of the molecule is C=N/C=C\C(=C/C)c1cc(C)c(N2c3ccc(-c4ccccc4)cc3C3C=CC=CC32)cc1C#N. The maximum absolute atomic E-state index is 10.1. The van der Waals surface area contributed by atoms with Gasteiger partial charge < -0.3 is 4.90 Å². The van der Waals surface area contributed by atoms with E-state index in [9.17, 15) is 5.26 Å². The van der Waals surface area contributed by atoms with Gasteiger partial charge in [0.15, 0.2) is 0 Å². The summed E-state index contributed by atoms with van der Waals surface area (Å²) in [5.74, 6) is 0.260. The molecule has 2 aliphatic rings. The molecule has 1 heterocycles. The number of nitriles is 1. The van der Waals surface area contributed by atoms with Crippen LogP contribution in [0.4, 0.5) is 11.4 Å². The Morgan fingerprint density at radius 1 is 1.00 bits per heavy atom. The molecule has 170 valence electrons. The third-order valence-corrected chi connectivity index (χ3v) is 6.85. The van der Waals surface area contributed by atoms with Gasteiger partial charge in [-0.2, -0.15) is 5.26 Å². The molecular formula is C32H27N3. The molecule has 3 aromatic rings. The Morgan fingerprint density at radius 3 is 2.54 bits per heavy atom. The number of hydrogen-bond acceptors (Lipinski definition) is 3. The molecule has 0 amide bonds. The Hall–Kier alpha value is -4.42. The van der Waals surface area contributed by atoms with E-state index in [2.05, 4.69) is 102 Å². The lowest BCUT2D eigenvalue weighted by atomic mass is 9.89. The topological polar surface area (TPSA) is 39.4 Å². The van der Waals surface area contributed by atoms with Gasteiger partial charge >= 0.3 is 0 Å². The zero-order valence-corrected chi connectivity index (χ0v) is 20.0. The lowest BCUT2D eigenvalue weighted by Crippen LogP contribution is -2.29. The number of allylic oxidation sites excluding steroid dienone is 5. The largest absolute Gasteiger partial charge is 0.333 e. The minimum atomic E-state index is 0.170. The van der Waals surface area contributed by atoms with E-state index < -0.39 is 0 Å². The quantitative estimate of drug-likeness (QED) is 0.291. The maximum Gasteiger partial charge on any atom is 0.0998 e. The monoisotopic (exact) mass is 453 g/mol. The molecule has 0 radical (unpaired) electrons. The molecule has 0 aromatic heterocycles. The highest BCUT2D eigenvalue weighted by Gasteiger charge is 2.38. The molecule has 0 N–H and O–H groups in total. The summed E-state index contributed by atoms with van der Waals surface area (Å²) in [6.45, 7) is 7.62. The minimum absolute atomic E-state index is 0.170. The molecule has 0 saturated heterocycles. The molecule has 0 fully saturated rings. The summed E-state index contributed by atoms with van der Waals surface area (Å²) in [5, 5.41) is 10.1. The smallest absolute Gasteiger partial charge is 0.0998 e. The fraction of sp³-hybridized carbons (Fsp3) is 0.125. The van der Waals surface area contributed by atoms with Gasteiger partial charge in [0.25, 0.3) is 0 Å². The summed E-state index contributed by atoms with van der Waals surface area (Å²) in [5.41, 5.74) is 9.64. The lowest BCUT2D eigenvalue weighted by molar-refractivity contribution is 0.743. The van der Waals surface area contributed by atoms with Crippen LogP contribution in [0.25, 0.3) is 16.7 Å². The van der Waals surface area contributed by atoms with Crippen molar-refractivity contribution in [2.75, 3.05) is 4.90 Å². The van der Waals surface area contributed by atoms with Gasteiger partial charge in [0.05, 0.1) is 17.7 Å². The lowest BCUT2D eigenvalue weighted by Gasteiger charge is -2.30. The van der Waals surface area contributed by atoms with E-state index in [1.807, 2.05) is 31.2 Å². The molecule has 0 bridgehead atoms. The molecule has 0 saturated carbocycles. The second-order valence-corrected chi connectivity index (χ2v) is 8.83. The zero-order chi connectivity index (χ0) is 24.4. The molecule has 35 heavy (non-hydrogen) atoms. The van der Waals surface area contributed by atoms with Crippen molar-refractivity contribution in [3.63, 3.8) is 0 Å². The number of rotatable bonds is 5. The Kier molecular flexibility index (Phi) is 6.04. The number of nitrogens with zero attached hydrogens (tertiary/aromatic N) is 3. The Bertz CT molecular complexity index is 1450. The van der Waals surface area contributed by atoms with Crippen LogP contribution in [0.2, 0.25) is 0 Å². The summed E-state index contributed by atoms with van der Waals surface area (Å²) in [4.78, 5) is 6.22. The van der Waals surface area contributed by atoms with E-state index in [1.165, 1.54) is 22.4 Å². The van der Waals surface area contributed by atoms with E-state index in [-0.39, 0.29) is 12.0 Å². The normalized spacial score (nSPS) is 18.4. The summed E-state index contributed by atoms with van der Waals surface area (Å²) in [7, 11) is 0. The van der Waals surface area contributed by atoms with Gasteiger partial charge in [-0.15, -0.1) is 0 Å². The second kappa shape index (κ2) is 9.44. The van der Waals surface area contributed by atoms with Crippen LogP contribution >= 0.6 is 0 Å². The van der Waals surface area contributed by atoms with Crippen molar-refractivity contribution < 1.29 is 0 Å². The molecular weight excluding hydrogens is 426 g/mol. The third kappa shape index (κ3) is 3.94. The van der Waals surface area contributed by atoms with Gasteiger partial charge in [0.1, 0.15) is 0 Å². The Labute approximate surface area is 207 Å². The molecule has 3 heteroatoms. The van der Waals surface area contributed by atoms with Gasteiger partial charge in [-0.3, -0.25) is 4.99 Å². The van der Waals surface area contributed by atoms with E-state index >= 15 is 0 Å². The number of aliphatic imine (C=N–C) groups is 1. The van der Waals surface area contributed by atoms with Crippen molar-refractivity contribution >= 4 is 23.7 Å². The zero-order valence-electron chi connectivity index (χ0n) is 20.0. The molecule has 1 aliphatic heterocycles. The average Bonchev–Trinajstić information content (AvgIpc) is 3.23. The molecule has 2 unspecified atom stereocenters. The van der Waals surface area contributed by atoms with E-state index in [1.54, 1.807) is 6.20 Å². The summed E-state index contributed by atoms with van der Waals surface area (Å²) in [6, 6.07) is 24.0. The van der Waals surface area contributed by atoms with Crippen molar-refractivity contribution in [3.8, 4) is 17.2 Å². The predicted octanol–water partition coefficient (Wildman–Crippen LogP) is 7.88. The predicted molar refractivity (Wildman–Crippen MR) is 147 cm³/mol. The van der Waals surface area contributed by atoms with Gasteiger partial charge in [-0.25, -0.2) is 0 Å². The standard InChI is InChI=1S/C32H27N3/c1-4-23(16-17-34-3)28-18-22(2)32(20-26(28)21-33)35-30-13-9-8-12-27(30)29-19-25(14-15-31(29)35)24-10-6-5-7-11-24/h4-20,27,30H,3H2,1-2H3/b17-16-,23-4+. The van der Waals surface area contributed by atoms with Crippen LogP contribution in [-0.2, 0) is 0 Å². The van der Waals surface area contributed by atoms with Crippen LogP contribution in [0.5, 0.6) is 0 Å². The van der Waals surface area contributed by atoms with Crippen LogP contribution in [0.3, 0.4) is 0 Å². The van der Waals surface area contributed by atoms with E-state index in [4.69, 9.17) is 0 Å². The molecule has 3 nitrogen and oxygen atoms in total. The fourth-order valence-corrected chi connectivity index (χ4v) is 5.19. The van der Waals surface area contributed by atoms with Gasteiger partial charge in [0.2, 0.25) is 0 Å². The van der Waals surface area contributed by atoms with E-state index in [0.717, 1.165) is 22.4 Å². The highest BCUT2D eigenvalue weighted by molar-refractivity contribution is 5.84. The van der Waals surface area contributed by atoms with Crippen molar-refractivity contribution in [3.05, 3.63) is 126 Å². The van der Waals surface area contributed by atoms with Crippen molar-refractivity contribution in [1.82, 2.24) is 0 Å². The first-order valence-corrected chi connectivity index (χ1v) is 11.8. The Balaban J connectivity index is 1.65. The minimum Gasteiger partial charge on any atom is -0.333 e. The molecule has 0 spiro atoms. The molecule has 5 rings (SSSR count). The maximum atomic E-state index is 10.1. The average molecular weight is 454 g/mol. The van der Waals surface area contributed by atoms with Gasteiger partial charge in [0, 0.05) is 23.5 Å². The first-order valence-electron chi connectivity index (χ1n) is 11.8. The number of benzene rings is 3. The van der Waals surface area contributed by atoms with E-state index in [0.29, 0.717) is 5.56 Å².